The fourth-order valence-electron chi connectivity index (χ4n) is 1.88. The second-order valence-electron chi connectivity index (χ2n) is 5.56. The van der Waals surface area contributed by atoms with E-state index >= 15 is 0 Å². The van der Waals surface area contributed by atoms with Crippen molar-refractivity contribution in [2.45, 2.75) is 39.2 Å². The van der Waals surface area contributed by atoms with E-state index in [0.717, 1.165) is 6.54 Å². The topological polar surface area (TPSA) is 75.4 Å². The van der Waals surface area contributed by atoms with Crippen molar-refractivity contribution in [2.24, 2.45) is 17.6 Å². The van der Waals surface area contributed by atoms with Gasteiger partial charge >= 0.3 is 0 Å². The zero-order chi connectivity index (χ0) is 13.7. The molecule has 2 amide bonds. The molecule has 1 fully saturated rings. The van der Waals surface area contributed by atoms with Crippen LogP contribution in [0.1, 0.15) is 33.1 Å². The maximum Gasteiger partial charge on any atom is 0.241 e. The molecule has 0 radical (unpaired) electrons. The monoisotopic (exact) mass is 255 g/mol. The molecule has 0 aliphatic heterocycles. The molecule has 1 atom stereocenters. The van der Waals surface area contributed by atoms with Gasteiger partial charge in [0.1, 0.15) is 0 Å². The van der Waals surface area contributed by atoms with Gasteiger partial charge in [-0.3, -0.25) is 9.59 Å². The standard InChI is InChI=1S/C13H25N3O2/c1-9(2)12(14)13(18)15-7-11(17)16(3)8-10-5-4-6-10/h9-10,12H,4-8,14H2,1-3H3,(H,15,18)/t12-/m0/s1. The second kappa shape index (κ2) is 6.73. The van der Waals surface area contributed by atoms with Crippen molar-refractivity contribution in [3.05, 3.63) is 0 Å². The summed E-state index contributed by atoms with van der Waals surface area (Å²) in [5, 5.41) is 2.60. The molecule has 1 saturated carbocycles. The van der Waals surface area contributed by atoms with Crippen LogP contribution in [-0.2, 0) is 9.59 Å². The van der Waals surface area contributed by atoms with Gasteiger partial charge in [0.2, 0.25) is 11.8 Å². The van der Waals surface area contributed by atoms with E-state index < -0.39 is 6.04 Å². The van der Waals surface area contributed by atoms with Crippen molar-refractivity contribution in [1.29, 1.82) is 0 Å². The van der Waals surface area contributed by atoms with Crippen LogP contribution in [0.25, 0.3) is 0 Å². The van der Waals surface area contributed by atoms with Gasteiger partial charge in [-0.1, -0.05) is 20.3 Å². The van der Waals surface area contributed by atoms with Gasteiger partial charge < -0.3 is 16.0 Å². The highest BCUT2D eigenvalue weighted by Gasteiger charge is 2.22. The summed E-state index contributed by atoms with van der Waals surface area (Å²) >= 11 is 0. The number of nitrogens with two attached hydrogens (primary N) is 1. The van der Waals surface area contributed by atoms with Crippen molar-refractivity contribution < 1.29 is 9.59 Å². The molecule has 3 N–H and O–H groups in total. The predicted octanol–water partition coefficient (Wildman–Crippen LogP) is 0.344. The number of amides is 2. The number of hydrogen-bond donors (Lipinski definition) is 2. The van der Waals surface area contributed by atoms with Crippen molar-refractivity contribution in [3.8, 4) is 0 Å². The normalized spacial score (nSPS) is 17.2. The van der Waals surface area contributed by atoms with Crippen LogP contribution in [0.2, 0.25) is 0 Å². The molecular formula is C13H25N3O2. The number of nitrogens with zero attached hydrogens (tertiary/aromatic N) is 1. The lowest BCUT2D eigenvalue weighted by molar-refractivity contribution is -0.133. The Hall–Kier alpha value is -1.10. The second-order valence-corrected chi connectivity index (χ2v) is 5.56. The molecule has 1 rings (SSSR count). The molecule has 0 heterocycles. The van der Waals surface area contributed by atoms with Crippen molar-refractivity contribution in [1.82, 2.24) is 10.2 Å². The molecular weight excluding hydrogens is 230 g/mol. The summed E-state index contributed by atoms with van der Waals surface area (Å²) < 4.78 is 0. The SMILES string of the molecule is CC(C)[C@H](N)C(=O)NCC(=O)N(C)CC1CCC1. The molecule has 0 aromatic heterocycles. The Morgan fingerprint density at radius 1 is 1.39 bits per heavy atom. The van der Waals surface area contributed by atoms with E-state index in [1.807, 2.05) is 13.8 Å². The first-order valence-corrected chi connectivity index (χ1v) is 6.69. The van der Waals surface area contributed by atoms with Crippen LogP contribution < -0.4 is 11.1 Å². The number of carbonyl (C=O) groups is 2. The largest absolute Gasteiger partial charge is 0.346 e. The van der Waals surface area contributed by atoms with Gasteiger partial charge in [0, 0.05) is 13.6 Å². The number of likely N-dealkylation sites (N-methyl/N-ethyl adjacent to an activating group) is 1. The highest BCUT2D eigenvalue weighted by Crippen LogP contribution is 2.26. The number of rotatable bonds is 6. The highest BCUT2D eigenvalue weighted by atomic mass is 16.2. The summed E-state index contributed by atoms with van der Waals surface area (Å²) in [5.74, 6) is 0.419. The zero-order valence-corrected chi connectivity index (χ0v) is 11.6. The highest BCUT2D eigenvalue weighted by molar-refractivity contribution is 5.87. The minimum absolute atomic E-state index is 0.0441. The Bertz CT molecular complexity index is 301. The van der Waals surface area contributed by atoms with Gasteiger partial charge in [0.15, 0.2) is 0 Å². The third kappa shape index (κ3) is 4.29. The van der Waals surface area contributed by atoms with E-state index in [1.54, 1.807) is 11.9 Å². The summed E-state index contributed by atoms with van der Waals surface area (Å²) in [6, 6.07) is -0.547. The zero-order valence-electron chi connectivity index (χ0n) is 11.6. The average molecular weight is 255 g/mol. The van der Waals surface area contributed by atoms with Gasteiger partial charge in [-0.15, -0.1) is 0 Å². The molecule has 0 aromatic rings. The minimum atomic E-state index is -0.547. The Labute approximate surface area is 109 Å². The molecule has 18 heavy (non-hydrogen) atoms. The molecule has 1 aliphatic rings. The Balaban J connectivity index is 2.24. The van der Waals surface area contributed by atoms with Crippen molar-refractivity contribution in [3.63, 3.8) is 0 Å². The molecule has 5 heteroatoms. The number of hydrogen-bond acceptors (Lipinski definition) is 3. The maximum atomic E-state index is 11.8. The smallest absolute Gasteiger partial charge is 0.241 e. The van der Waals surface area contributed by atoms with Crippen LogP contribution in [0.4, 0.5) is 0 Å². The quantitative estimate of drug-likeness (QED) is 0.719. The Morgan fingerprint density at radius 2 is 2.00 bits per heavy atom. The third-order valence-corrected chi connectivity index (χ3v) is 3.62. The van der Waals surface area contributed by atoms with Gasteiger partial charge in [-0.05, 0) is 24.7 Å². The summed E-state index contributed by atoms with van der Waals surface area (Å²) in [6.45, 7) is 4.61. The third-order valence-electron chi connectivity index (χ3n) is 3.62. The molecule has 0 unspecified atom stereocenters. The van der Waals surface area contributed by atoms with Crippen LogP contribution in [0.5, 0.6) is 0 Å². The van der Waals surface area contributed by atoms with Crippen LogP contribution in [0.3, 0.4) is 0 Å². The lowest BCUT2D eigenvalue weighted by atomic mass is 9.85. The molecule has 104 valence electrons. The van der Waals surface area contributed by atoms with Gasteiger partial charge in [0.25, 0.3) is 0 Å². The average Bonchev–Trinajstić information content (AvgIpc) is 2.28. The van der Waals surface area contributed by atoms with Crippen molar-refractivity contribution >= 4 is 11.8 Å². The molecule has 1 aliphatic carbocycles. The van der Waals surface area contributed by atoms with Crippen LogP contribution in [0.15, 0.2) is 0 Å². The lowest BCUT2D eigenvalue weighted by Gasteiger charge is -2.30. The fraction of sp³-hybridized carbons (Fsp3) is 0.846. The van der Waals surface area contributed by atoms with Crippen LogP contribution >= 0.6 is 0 Å². The first kappa shape index (κ1) is 15.0. The lowest BCUT2D eigenvalue weighted by Crippen LogP contribution is -2.48. The van der Waals surface area contributed by atoms with Crippen LogP contribution in [-0.4, -0.2) is 42.9 Å². The van der Waals surface area contributed by atoms with Gasteiger partial charge in [-0.25, -0.2) is 0 Å². The first-order chi connectivity index (χ1) is 8.41. The first-order valence-electron chi connectivity index (χ1n) is 6.69. The molecule has 0 spiro atoms. The fourth-order valence-corrected chi connectivity index (χ4v) is 1.88. The molecule has 0 aromatic carbocycles. The maximum absolute atomic E-state index is 11.8. The van der Waals surface area contributed by atoms with E-state index in [-0.39, 0.29) is 24.3 Å². The molecule has 5 nitrogen and oxygen atoms in total. The minimum Gasteiger partial charge on any atom is -0.346 e. The Morgan fingerprint density at radius 3 is 2.44 bits per heavy atom. The van der Waals surface area contributed by atoms with E-state index in [4.69, 9.17) is 5.73 Å². The number of nitrogens with one attached hydrogen (secondary N) is 1. The molecule has 0 saturated heterocycles. The van der Waals surface area contributed by atoms with E-state index in [2.05, 4.69) is 5.32 Å². The summed E-state index contributed by atoms with van der Waals surface area (Å²) in [7, 11) is 1.79. The summed E-state index contributed by atoms with van der Waals surface area (Å²) in [4.78, 5) is 25.1. The van der Waals surface area contributed by atoms with Crippen molar-refractivity contribution in [2.75, 3.05) is 20.1 Å². The van der Waals surface area contributed by atoms with E-state index in [1.165, 1.54) is 19.3 Å². The van der Waals surface area contributed by atoms with Crippen LogP contribution in [0, 0.1) is 11.8 Å². The summed E-state index contributed by atoms with van der Waals surface area (Å²) in [6.07, 6.45) is 3.69. The van der Waals surface area contributed by atoms with E-state index in [0.29, 0.717) is 5.92 Å². The Kier molecular flexibility index (Phi) is 5.59. The van der Waals surface area contributed by atoms with E-state index in [9.17, 15) is 9.59 Å². The number of carbonyl (C=O) groups excluding carboxylic acids is 2. The van der Waals surface area contributed by atoms with Gasteiger partial charge in [-0.2, -0.15) is 0 Å². The predicted molar refractivity (Wildman–Crippen MR) is 70.8 cm³/mol. The van der Waals surface area contributed by atoms with Gasteiger partial charge in [0.05, 0.1) is 12.6 Å². The summed E-state index contributed by atoms with van der Waals surface area (Å²) in [5.41, 5.74) is 5.70. The molecule has 0 bridgehead atoms.